The van der Waals surface area contributed by atoms with Crippen LogP contribution in [0.3, 0.4) is 0 Å². The molecular formula is C12H17N3O3S. The minimum absolute atomic E-state index is 0.0663. The Balaban J connectivity index is 1.78. The van der Waals surface area contributed by atoms with Crippen LogP contribution in [0.5, 0.6) is 0 Å². The van der Waals surface area contributed by atoms with Crippen LogP contribution in [0.4, 0.5) is 5.13 Å². The van der Waals surface area contributed by atoms with Gasteiger partial charge < -0.3 is 15.4 Å². The molecule has 2 rings (SSSR count). The maximum Gasteiger partial charge on any atom is 0.306 e. The number of ether oxygens (including phenoxy) is 1. The van der Waals surface area contributed by atoms with Gasteiger partial charge >= 0.3 is 5.97 Å². The SMILES string of the molecule is CCOC(=O)CCc1csc(NC2CNC(=O)C2)n1. The standard InChI is InChI=1S/C12H17N3O3S/c1-2-18-11(17)4-3-8-7-19-12(14-8)15-9-5-10(16)13-6-9/h7,9H,2-6H2,1H3,(H,13,16)(H,14,15). The van der Waals surface area contributed by atoms with Gasteiger partial charge in [-0.1, -0.05) is 0 Å². The van der Waals surface area contributed by atoms with E-state index in [9.17, 15) is 9.59 Å². The van der Waals surface area contributed by atoms with E-state index in [0.29, 0.717) is 32.4 Å². The van der Waals surface area contributed by atoms with E-state index in [0.717, 1.165) is 10.8 Å². The maximum atomic E-state index is 11.2. The molecule has 6 nitrogen and oxygen atoms in total. The van der Waals surface area contributed by atoms with Crippen LogP contribution in [0.25, 0.3) is 0 Å². The summed E-state index contributed by atoms with van der Waals surface area (Å²) in [5.74, 6) is -0.132. The zero-order chi connectivity index (χ0) is 13.7. The molecule has 19 heavy (non-hydrogen) atoms. The average molecular weight is 283 g/mol. The first-order valence-electron chi connectivity index (χ1n) is 6.30. The summed E-state index contributed by atoms with van der Waals surface area (Å²) in [7, 11) is 0. The Morgan fingerprint density at radius 1 is 1.68 bits per heavy atom. The lowest BCUT2D eigenvalue weighted by molar-refractivity contribution is -0.143. The summed E-state index contributed by atoms with van der Waals surface area (Å²) in [5, 5.41) is 8.69. The summed E-state index contributed by atoms with van der Waals surface area (Å²) in [6.07, 6.45) is 1.41. The summed E-state index contributed by atoms with van der Waals surface area (Å²) in [5.41, 5.74) is 0.873. The van der Waals surface area contributed by atoms with Gasteiger partial charge in [0.05, 0.1) is 24.8 Å². The molecule has 1 unspecified atom stereocenters. The molecule has 2 heterocycles. The molecule has 1 saturated heterocycles. The van der Waals surface area contributed by atoms with Crippen LogP contribution >= 0.6 is 11.3 Å². The van der Waals surface area contributed by atoms with Gasteiger partial charge in [0.2, 0.25) is 5.91 Å². The Labute approximate surface area is 115 Å². The van der Waals surface area contributed by atoms with E-state index in [4.69, 9.17) is 4.74 Å². The molecule has 7 heteroatoms. The number of esters is 1. The summed E-state index contributed by atoms with van der Waals surface area (Å²) in [6.45, 7) is 2.84. The van der Waals surface area contributed by atoms with Crippen LogP contribution in [-0.2, 0) is 20.7 Å². The van der Waals surface area contributed by atoms with Gasteiger partial charge in [-0.05, 0) is 6.92 Å². The quantitative estimate of drug-likeness (QED) is 0.759. The Bertz CT molecular complexity index is 461. The van der Waals surface area contributed by atoms with Crippen molar-refractivity contribution in [1.29, 1.82) is 0 Å². The number of amides is 1. The van der Waals surface area contributed by atoms with E-state index < -0.39 is 0 Å². The molecule has 0 spiro atoms. The van der Waals surface area contributed by atoms with Crippen LogP contribution in [0, 0.1) is 0 Å². The molecule has 0 radical (unpaired) electrons. The van der Waals surface area contributed by atoms with E-state index in [2.05, 4.69) is 15.6 Å². The predicted octanol–water partition coefficient (Wildman–Crippen LogP) is 0.939. The molecular weight excluding hydrogens is 266 g/mol. The molecule has 1 amide bonds. The number of nitrogens with zero attached hydrogens (tertiary/aromatic N) is 1. The molecule has 2 N–H and O–H groups in total. The van der Waals surface area contributed by atoms with Crippen LogP contribution in [0.1, 0.15) is 25.5 Å². The number of hydrogen-bond donors (Lipinski definition) is 2. The minimum atomic E-state index is -0.199. The number of anilines is 1. The lowest BCUT2D eigenvalue weighted by Crippen LogP contribution is -2.22. The fourth-order valence-electron chi connectivity index (χ4n) is 1.83. The third kappa shape index (κ3) is 4.20. The van der Waals surface area contributed by atoms with Crippen molar-refractivity contribution in [2.24, 2.45) is 0 Å². The number of rotatable bonds is 6. The minimum Gasteiger partial charge on any atom is -0.466 e. The van der Waals surface area contributed by atoms with Gasteiger partial charge in [0.1, 0.15) is 0 Å². The normalized spacial score (nSPS) is 18.2. The Kier molecular flexibility index (Phi) is 4.73. The van der Waals surface area contributed by atoms with Gasteiger partial charge in [0.15, 0.2) is 5.13 Å². The zero-order valence-corrected chi connectivity index (χ0v) is 11.6. The van der Waals surface area contributed by atoms with Crippen LogP contribution in [-0.4, -0.2) is 36.1 Å². The van der Waals surface area contributed by atoms with Crippen molar-refractivity contribution in [1.82, 2.24) is 10.3 Å². The Morgan fingerprint density at radius 2 is 2.53 bits per heavy atom. The van der Waals surface area contributed by atoms with Gasteiger partial charge in [-0.25, -0.2) is 4.98 Å². The second kappa shape index (κ2) is 6.51. The second-order valence-electron chi connectivity index (χ2n) is 4.30. The Morgan fingerprint density at radius 3 is 3.21 bits per heavy atom. The van der Waals surface area contributed by atoms with Crippen LogP contribution in [0.15, 0.2) is 5.38 Å². The lowest BCUT2D eigenvalue weighted by atomic mass is 10.2. The van der Waals surface area contributed by atoms with Gasteiger partial charge in [0, 0.05) is 24.8 Å². The number of hydrogen-bond acceptors (Lipinski definition) is 6. The number of carbonyl (C=O) groups is 2. The van der Waals surface area contributed by atoms with Crippen LogP contribution < -0.4 is 10.6 Å². The summed E-state index contributed by atoms with van der Waals surface area (Å²) in [6, 6.07) is 0.108. The lowest BCUT2D eigenvalue weighted by Gasteiger charge is -2.07. The first kappa shape index (κ1) is 13.8. The predicted molar refractivity (Wildman–Crippen MR) is 72.1 cm³/mol. The van der Waals surface area contributed by atoms with E-state index in [-0.39, 0.29) is 17.9 Å². The number of thiazole rings is 1. The molecule has 1 aromatic rings. The highest BCUT2D eigenvalue weighted by Crippen LogP contribution is 2.19. The van der Waals surface area contributed by atoms with E-state index in [1.54, 1.807) is 6.92 Å². The van der Waals surface area contributed by atoms with Crippen molar-refractivity contribution in [3.8, 4) is 0 Å². The zero-order valence-electron chi connectivity index (χ0n) is 10.8. The molecule has 0 aromatic carbocycles. The average Bonchev–Trinajstić information content (AvgIpc) is 2.97. The van der Waals surface area contributed by atoms with Gasteiger partial charge in [0.25, 0.3) is 0 Å². The monoisotopic (exact) mass is 283 g/mol. The highest BCUT2D eigenvalue weighted by molar-refractivity contribution is 7.13. The first-order chi connectivity index (χ1) is 9.17. The highest BCUT2D eigenvalue weighted by atomic mass is 32.1. The number of nitrogens with one attached hydrogen (secondary N) is 2. The van der Waals surface area contributed by atoms with Crippen molar-refractivity contribution in [3.05, 3.63) is 11.1 Å². The largest absolute Gasteiger partial charge is 0.466 e. The summed E-state index contributed by atoms with van der Waals surface area (Å²) in [4.78, 5) is 26.7. The second-order valence-corrected chi connectivity index (χ2v) is 5.16. The first-order valence-corrected chi connectivity index (χ1v) is 7.18. The molecule has 1 aromatic heterocycles. The highest BCUT2D eigenvalue weighted by Gasteiger charge is 2.21. The van der Waals surface area contributed by atoms with Crippen molar-refractivity contribution < 1.29 is 14.3 Å². The fraction of sp³-hybridized carbons (Fsp3) is 0.583. The molecule has 0 saturated carbocycles. The molecule has 104 valence electrons. The van der Waals surface area contributed by atoms with E-state index in [1.165, 1.54) is 11.3 Å². The molecule has 1 atom stereocenters. The van der Waals surface area contributed by atoms with Gasteiger partial charge in [-0.15, -0.1) is 11.3 Å². The van der Waals surface area contributed by atoms with Gasteiger partial charge in [-0.3, -0.25) is 9.59 Å². The maximum absolute atomic E-state index is 11.2. The third-order valence-electron chi connectivity index (χ3n) is 2.75. The van der Waals surface area contributed by atoms with Crippen molar-refractivity contribution >= 4 is 28.3 Å². The smallest absolute Gasteiger partial charge is 0.306 e. The third-order valence-corrected chi connectivity index (χ3v) is 3.57. The number of aryl methyl sites for hydroxylation is 1. The van der Waals surface area contributed by atoms with Crippen molar-refractivity contribution in [2.45, 2.75) is 32.2 Å². The van der Waals surface area contributed by atoms with E-state index >= 15 is 0 Å². The van der Waals surface area contributed by atoms with Crippen molar-refractivity contribution in [3.63, 3.8) is 0 Å². The van der Waals surface area contributed by atoms with Crippen LogP contribution in [0.2, 0.25) is 0 Å². The number of carbonyl (C=O) groups excluding carboxylic acids is 2. The molecule has 1 aliphatic rings. The number of aromatic nitrogens is 1. The molecule has 1 aliphatic heterocycles. The summed E-state index contributed by atoms with van der Waals surface area (Å²) < 4.78 is 4.87. The molecule has 0 bridgehead atoms. The fourth-order valence-corrected chi connectivity index (χ4v) is 2.66. The summed E-state index contributed by atoms with van der Waals surface area (Å²) >= 11 is 1.49. The van der Waals surface area contributed by atoms with Crippen molar-refractivity contribution in [2.75, 3.05) is 18.5 Å². The van der Waals surface area contributed by atoms with E-state index in [1.807, 2.05) is 5.38 Å². The van der Waals surface area contributed by atoms with Gasteiger partial charge in [-0.2, -0.15) is 0 Å². The molecule has 0 aliphatic carbocycles. The Hall–Kier alpha value is -1.63. The topological polar surface area (TPSA) is 80.3 Å². The molecule has 1 fully saturated rings.